The number of halogens is 1. The zero-order chi connectivity index (χ0) is 10.3. The Bertz CT molecular complexity index is 516. The first-order valence-electron chi connectivity index (χ1n) is 4.07. The first kappa shape index (κ1) is 9.09. The van der Waals surface area contributed by atoms with Crippen LogP contribution in [0.4, 0.5) is 0 Å². The Kier molecular flexibility index (Phi) is 1.97. The van der Waals surface area contributed by atoms with E-state index in [-0.39, 0.29) is 5.75 Å². The second-order valence-corrected chi connectivity index (χ2v) is 3.51. The zero-order valence-corrected chi connectivity index (χ0v) is 8.25. The van der Waals surface area contributed by atoms with Gasteiger partial charge in [-0.25, -0.2) is 0 Å². The maximum Gasteiger partial charge on any atom is 0.152 e. The smallest absolute Gasteiger partial charge is 0.152 e. The Morgan fingerprint density at radius 2 is 2.21 bits per heavy atom. The lowest BCUT2D eigenvalue weighted by molar-refractivity contribution is 0.112. The highest BCUT2D eigenvalue weighted by Crippen LogP contribution is 2.33. The number of rotatable bonds is 1. The number of carbonyl (C=O) groups is 1. The lowest BCUT2D eigenvalue weighted by atomic mass is 10.2. The van der Waals surface area contributed by atoms with Gasteiger partial charge in [-0.1, -0.05) is 11.6 Å². The third-order valence-corrected chi connectivity index (χ3v) is 2.51. The van der Waals surface area contributed by atoms with Crippen molar-refractivity contribution in [2.45, 2.75) is 0 Å². The minimum Gasteiger partial charge on any atom is -0.507 e. The van der Waals surface area contributed by atoms with Crippen LogP contribution >= 0.6 is 11.6 Å². The van der Waals surface area contributed by atoms with Crippen molar-refractivity contribution in [2.75, 3.05) is 0 Å². The quantitative estimate of drug-likeness (QED) is 0.733. The molecule has 0 fully saturated rings. The average molecular weight is 210 g/mol. The maximum atomic E-state index is 10.7. The SMILES string of the molecule is Cn1cc(C=O)c2c(O)ccc(Cl)c21. The molecule has 72 valence electrons. The predicted molar refractivity (Wildman–Crippen MR) is 55.0 cm³/mol. The molecule has 0 atom stereocenters. The Hall–Kier alpha value is -1.48. The number of carbonyl (C=O) groups excluding carboxylic acids is 1. The zero-order valence-electron chi connectivity index (χ0n) is 7.49. The topological polar surface area (TPSA) is 42.2 Å². The summed E-state index contributed by atoms with van der Waals surface area (Å²) in [5, 5.41) is 10.6. The molecule has 1 N–H and O–H groups in total. The predicted octanol–water partition coefficient (Wildman–Crippen LogP) is 2.35. The largest absolute Gasteiger partial charge is 0.507 e. The lowest BCUT2D eigenvalue weighted by Crippen LogP contribution is -1.84. The number of phenols is 1. The van der Waals surface area contributed by atoms with Crippen molar-refractivity contribution < 1.29 is 9.90 Å². The van der Waals surface area contributed by atoms with Gasteiger partial charge in [-0.3, -0.25) is 4.79 Å². The van der Waals surface area contributed by atoms with Crippen LogP contribution < -0.4 is 0 Å². The van der Waals surface area contributed by atoms with E-state index < -0.39 is 0 Å². The number of nitrogens with zero attached hydrogens (tertiary/aromatic N) is 1. The highest BCUT2D eigenvalue weighted by atomic mass is 35.5. The van der Waals surface area contributed by atoms with Gasteiger partial charge >= 0.3 is 0 Å². The number of benzene rings is 1. The van der Waals surface area contributed by atoms with Gasteiger partial charge in [-0.05, 0) is 12.1 Å². The molecule has 1 aromatic heterocycles. The van der Waals surface area contributed by atoms with Gasteiger partial charge in [-0.2, -0.15) is 0 Å². The van der Waals surface area contributed by atoms with Crippen LogP contribution in [-0.2, 0) is 7.05 Å². The van der Waals surface area contributed by atoms with Crippen LogP contribution in [0.5, 0.6) is 5.75 Å². The van der Waals surface area contributed by atoms with Crippen molar-refractivity contribution in [2.24, 2.45) is 7.05 Å². The number of hydrogen-bond acceptors (Lipinski definition) is 2. The molecule has 0 aliphatic carbocycles. The summed E-state index contributed by atoms with van der Waals surface area (Å²) < 4.78 is 1.72. The third kappa shape index (κ3) is 1.09. The molecule has 0 radical (unpaired) electrons. The number of aromatic nitrogens is 1. The molecular formula is C10H8ClNO2. The van der Waals surface area contributed by atoms with Crippen LogP contribution in [0.25, 0.3) is 10.9 Å². The lowest BCUT2D eigenvalue weighted by Gasteiger charge is -2.00. The fraction of sp³-hybridized carbons (Fsp3) is 0.100. The molecule has 0 amide bonds. The molecule has 1 aromatic carbocycles. The van der Waals surface area contributed by atoms with E-state index in [0.29, 0.717) is 27.8 Å². The molecule has 0 saturated heterocycles. The minimum absolute atomic E-state index is 0.0760. The van der Waals surface area contributed by atoms with Crippen molar-refractivity contribution in [3.63, 3.8) is 0 Å². The summed E-state index contributed by atoms with van der Waals surface area (Å²) in [4.78, 5) is 10.7. The maximum absolute atomic E-state index is 10.7. The fourth-order valence-corrected chi connectivity index (χ4v) is 1.90. The van der Waals surface area contributed by atoms with E-state index in [1.54, 1.807) is 23.9 Å². The van der Waals surface area contributed by atoms with Crippen molar-refractivity contribution in [3.8, 4) is 5.75 Å². The molecule has 2 rings (SSSR count). The first-order chi connectivity index (χ1) is 6.65. The minimum atomic E-state index is 0.0760. The molecule has 0 spiro atoms. The van der Waals surface area contributed by atoms with Crippen LogP contribution in [0.3, 0.4) is 0 Å². The summed E-state index contributed by atoms with van der Waals surface area (Å²) in [6.07, 6.45) is 2.35. The van der Waals surface area contributed by atoms with E-state index in [9.17, 15) is 9.90 Å². The van der Waals surface area contributed by atoms with E-state index in [4.69, 9.17) is 11.6 Å². The number of aromatic hydroxyl groups is 1. The highest BCUT2D eigenvalue weighted by molar-refractivity contribution is 6.35. The van der Waals surface area contributed by atoms with Crippen molar-refractivity contribution in [1.29, 1.82) is 0 Å². The molecule has 2 aromatic rings. The first-order valence-corrected chi connectivity index (χ1v) is 4.44. The van der Waals surface area contributed by atoms with Gasteiger partial charge in [0.15, 0.2) is 6.29 Å². The van der Waals surface area contributed by atoms with Crippen LogP contribution in [0.1, 0.15) is 10.4 Å². The van der Waals surface area contributed by atoms with E-state index in [1.165, 1.54) is 6.07 Å². The van der Waals surface area contributed by atoms with E-state index in [1.807, 2.05) is 0 Å². The number of hydrogen-bond donors (Lipinski definition) is 1. The molecule has 0 aliphatic heterocycles. The molecule has 4 heteroatoms. The normalized spacial score (nSPS) is 10.7. The van der Waals surface area contributed by atoms with Gasteiger partial charge in [0.2, 0.25) is 0 Å². The van der Waals surface area contributed by atoms with Crippen molar-refractivity contribution in [1.82, 2.24) is 4.57 Å². The Balaban J connectivity index is 3.02. The number of aryl methyl sites for hydroxylation is 1. The van der Waals surface area contributed by atoms with Gasteiger partial charge in [0.05, 0.1) is 15.9 Å². The van der Waals surface area contributed by atoms with Crippen molar-refractivity contribution in [3.05, 3.63) is 28.9 Å². The molecule has 0 aliphatic rings. The van der Waals surface area contributed by atoms with Gasteiger partial charge in [0, 0.05) is 18.8 Å². The Morgan fingerprint density at radius 1 is 1.50 bits per heavy atom. The van der Waals surface area contributed by atoms with Crippen LogP contribution in [0, 0.1) is 0 Å². The fourth-order valence-electron chi connectivity index (χ4n) is 1.61. The second-order valence-electron chi connectivity index (χ2n) is 3.10. The molecule has 0 saturated carbocycles. The summed E-state index contributed by atoms with van der Waals surface area (Å²) in [7, 11) is 1.78. The van der Waals surface area contributed by atoms with E-state index >= 15 is 0 Å². The Morgan fingerprint density at radius 3 is 2.86 bits per heavy atom. The molecule has 0 unspecified atom stereocenters. The molecule has 1 heterocycles. The standard InChI is InChI=1S/C10H8ClNO2/c1-12-4-6(5-13)9-8(14)3-2-7(11)10(9)12/h2-5,14H,1H3. The van der Waals surface area contributed by atoms with Crippen LogP contribution in [0.15, 0.2) is 18.3 Å². The van der Waals surface area contributed by atoms with Crippen molar-refractivity contribution >= 4 is 28.8 Å². The van der Waals surface area contributed by atoms with Crippen LogP contribution in [-0.4, -0.2) is 16.0 Å². The van der Waals surface area contributed by atoms with Crippen LogP contribution in [0.2, 0.25) is 5.02 Å². The van der Waals surface area contributed by atoms with Gasteiger partial charge in [-0.15, -0.1) is 0 Å². The number of aldehydes is 1. The summed E-state index contributed by atoms with van der Waals surface area (Å²) >= 11 is 5.96. The molecular weight excluding hydrogens is 202 g/mol. The van der Waals surface area contributed by atoms with Gasteiger partial charge in [0.1, 0.15) is 5.75 Å². The molecule has 14 heavy (non-hydrogen) atoms. The summed E-state index contributed by atoms with van der Waals surface area (Å²) in [5.74, 6) is 0.0760. The Labute approximate surface area is 85.5 Å². The molecule has 0 bridgehead atoms. The van der Waals surface area contributed by atoms with E-state index in [2.05, 4.69) is 0 Å². The average Bonchev–Trinajstić information content (AvgIpc) is 2.50. The number of phenolic OH excluding ortho intramolecular Hbond substituents is 1. The number of fused-ring (bicyclic) bond motifs is 1. The summed E-state index contributed by atoms with van der Waals surface area (Å²) in [5.41, 5.74) is 1.12. The second kappa shape index (κ2) is 3.03. The molecule has 3 nitrogen and oxygen atoms in total. The van der Waals surface area contributed by atoms with Gasteiger partial charge in [0.25, 0.3) is 0 Å². The van der Waals surface area contributed by atoms with E-state index in [0.717, 1.165) is 0 Å². The van der Waals surface area contributed by atoms with Gasteiger partial charge < -0.3 is 9.67 Å². The summed E-state index contributed by atoms with van der Waals surface area (Å²) in [6, 6.07) is 3.09. The third-order valence-electron chi connectivity index (χ3n) is 2.21. The monoisotopic (exact) mass is 209 g/mol. The highest BCUT2D eigenvalue weighted by Gasteiger charge is 2.12. The summed E-state index contributed by atoms with van der Waals surface area (Å²) in [6.45, 7) is 0.